The van der Waals surface area contributed by atoms with E-state index in [4.69, 9.17) is 16.7 Å². The van der Waals surface area contributed by atoms with Gasteiger partial charge in [0.05, 0.1) is 11.1 Å². The van der Waals surface area contributed by atoms with E-state index in [1.165, 1.54) is 24.7 Å². The molecule has 0 aliphatic carbocycles. The van der Waals surface area contributed by atoms with Crippen LogP contribution in [0, 0.1) is 0 Å². The van der Waals surface area contributed by atoms with Gasteiger partial charge >= 0.3 is 0 Å². The molecule has 4 heterocycles. The van der Waals surface area contributed by atoms with Gasteiger partial charge in [0.2, 0.25) is 16.0 Å². The van der Waals surface area contributed by atoms with E-state index in [0.717, 1.165) is 0 Å². The number of pyridine rings is 1. The zero-order valence-electron chi connectivity index (χ0n) is 13.0. The largest absolute Gasteiger partial charge is 0.269 e. The number of nitrogens with two attached hydrogens (primary N) is 1. The van der Waals surface area contributed by atoms with E-state index in [9.17, 15) is 8.42 Å². The molecule has 0 saturated carbocycles. The smallest absolute Gasteiger partial charge is 0.239 e. The summed E-state index contributed by atoms with van der Waals surface area (Å²) in [5.41, 5.74) is 1.74. The Hall–Kier alpha value is -2.95. The Balaban J connectivity index is 1.69. The van der Waals surface area contributed by atoms with Crippen LogP contribution in [0.25, 0.3) is 28.2 Å². The second kappa shape index (κ2) is 6.09. The van der Waals surface area contributed by atoms with E-state index in [1.807, 2.05) is 0 Å². The third-order valence-corrected chi connectivity index (χ3v) is 4.85. The number of halogens is 1. The maximum atomic E-state index is 11.3. The van der Waals surface area contributed by atoms with Gasteiger partial charge in [0, 0.05) is 30.4 Å². The Kier molecular flexibility index (Phi) is 3.87. The number of aromatic nitrogens is 6. The molecule has 11 heteroatoms. The summed E-state index contributed by atoms with van der Waals surface area (Å²) in [6.45, 7) is 0. The van der Waals surface area contributed by atoms with Crippen molar-refractivity contribution >= 4 is 32.7 Å². The molecule has 4 aromatic rings. The van der Waals surface area contributed by atoms with Crippen molar-refractivity contribution in [3.63, 3.8) is 0 Å². The monoisotopic (exact) mass is 387 g/mol. The Morgan fingerprint density at radius 3 is 2.38 bits per heavy atom. The van der Waals surface area contributed by atoms with E-state index in [1.54, 1.807) is 29.2 Å². The maximum absolute atomic E-state index is 11.3. The predicted octanol–water partition coefficient (Wildman–Crippen LogP) is 1.57. The highest BCUT2D eigenvalue weighted by Gasteiger charge is 2.12. The Morgan fingerprint density at radius 1 is 0.962 bits per heavy atom. The second-order valence-corrected chi connectivity index (χ2v) is 7.20. The third-order valence-electron chi connectivity index (χ3n) is 3.65. The van der Waals surface area contributed by atoms with Crippen molar-refractivity contribution in [2.45, 2.75) is 4.90 Å². The molecule has 0 fully saturated rings. The average molecular weight is 388 g/mol. The quantitative estimate of drug-likeness (QED) is 0.528. The summed E-state index contributed by atoms with van der Waals surface area (Å²) in [4.78, 5) is 20.8. The maximum Gasteiger partial charge on any atom is 0.239 e. The average Bonchev–Trinajstić information content (AvgIpc) is 3.07. The summed E-state index contributed by atoms with van der Waals surface area (Å²) in [6, 6.07) is 4.70. The van der Waals surface area contributed by atoms with Crippen molar-refractivity contribution < 1.29 is 8.42 Å². The highest BCUT2D eigenvalue weighted by Crippen LogP contribution is 2.22. The summed E-state index contributed by atoms with van der Waals surface area (Å²) in [6.07, 6.45) is 7.47. The van der Waals surface area contributed by atoms with Crippen LogP contribution in [-0.4, -0.2) is 37.9 Å². The first kappa shape index (κ1) is 16.5. The van der Waals surface area contributed by atoms with Crippen molar-refractivity contribution in [2.24, 2.45) is 5.14 Å². The first-order valence-electron chi connectivity index (χ1n) is 7.23. The van der Waals surface area contributed by atoms with E-state index >= 15 is 0 Å². The SMILES string of the molecule is NS(=O)(=O)c1ccc(-c2cnc(-n3ccc4c(Cl)ncnc43)nc2)nc1. The fraction of sp³-hybridized carbons (Fsp3) is 0. The van der Waals surface area contributed by atoms with Gasteiger partial charge in [-0.1, -0.05) is 11.6 Å². The molecule has 0 amide bonds. The van der Waals surface area contributed by atoms with Gasteiger partial charge in [-0.15, -0.1) is 0 Å². The van der Waals surface area contributed by atoms with Crippen LogP contribution in [0.5, 0.6) is 0 Å². The van der Waals surface area contributed by atoms with Gasteiger partial charge in [-0.3, -0.25) is 9.55 Å². The number of primary sulfonamides is 1. The van der Waals surface area contributed by atoms with E-state index in [0.29, 0.717) is 33.4 Å². The number of nitrogens with zero attached hydrogens (tertiary/aromatic N) is 6. The highest BCUT2D eigenvalue weighted by molar-refractivity contribution is 7.89. The van der Waals surface area contributed by atoms with Crippen LogP contribution in [0.4, 0.5) is 0 Å². The molecule has 0 saturated heterocycles. The molecular weight excluding hydrogens is 378 g/mol. The van der Waals surface area contributed by atoms with Crippen molar-refractivity contribution in [3.8, 4) is 17.2 Å². The van der Waals surface area contributed by atoms with Crippen molar-refractivity contribution in [1.82, 2.24) is 29.5 Å². The number of fused-ring (bicyclic) bond motifs is 1. The Labute approximate surface area is 152 Å². The Morgan fingerprint density at radius 2 is 1.73 bits per heavy atom. The van der Waals surface area contributed by atoms with E-state index in [-0.39, 0.29) is 4.90 Å². The van der Waals surface area contributed by atoms with E-state index < -0.39 is 10.0 Å². The molecule has 130 valence electrons. The lowest BCUT2D eigenvalue weighted by Gasteiger charge is -2.05. The molecule has 0 aliphatic rings. The van der Waals surface area contributed by atoms with Gasteiger partial charge in [0.15, 0.2) is 5.65 Å². The number of hydrogen-bond acceptors (Lipinski definition) is 7. The summed E-state index contributed by atoms with van der Waals surface area (Å²) in [5, 5.41) is 6.11. The first-order chi connectivity index (χ1) is 12.4. The van der Waals surface area contributed by atoms with Gasteiger partial charge in [-0.05, 0) is 18.2 Å². The van der Waals surface area contributed by atoms with Crippen LogP contribution in [0.3, 0.4) is 0 Å². The zero-order valence-corrected chi connectivity index (χ0v) is 14.6. The molecule has 0 unspecified atom stereocenters. The molecule has 0 radical (unpaired) electrons. The third kappa shape index (κ3) is 2.90. The van der Waals surface area contributed by atoms with Crippen molar-refractivity contribution in [3.05, 3.63) is 54.5 Å². The van der Waals surface area contributed by atoms with Crippen LogP contribution in [0.2, 0.25) is 5.15 Å². The van der Waals surface area contributed by atoms with Gasteiger partial charge in [-0.2, -0.15) is 0 Å². The van der Waals surface area contributed by atoms with Crippen LogP contribution >= 0.6 is 11.6 Å². The zero-order chi connectivity index (χ0) is 18.3. The molecule has 4 rings (SSSR count). The number of sulfonamides is 1. The standard InChI is InChI=1S/C15H10ClN7O2S/c16-13-11-3-4-23(14(11)22-8-21-13)15-19-5-9(6-20-15)12-2-1-10(7-18-12)26(17,24)25/h1-8H,(H2,17,24,25). The molecule has 2 N–H and O–H groups in total. The lowest BCUT2D eigenvalue weighted by atomic mass is 10.2. The fourth-order valence-electron chi connectivity index (χ4n) is 2.38. The van der Waals surface area contributed by atoms with Crippen LogP contribution in [0.15, 0.2) is 54.2 Å². The van der Waals surface area contributed by atoms with Gasteiger partial charge < -0.3 is 0 Å². The molecule has 0 aromatic carbocycles. The lowest BCUT2D eigenvalue weighted by Crippen LogP contribution is -2.12. The molecule has 0 aliphatic heterocycles. The minimum Gasteiger partial charge on any atom is -0.269 e. The van der Waals surface area contributed by atoms with E-state index in [2.05, 4.69) is 24.9 Å². The van der Waals surface area contributed by atoms with Gasteiger partial charge in [0.1, 0.15) is 16.4 Å². The second-order valence-electron chi connectivity index (χ2n) is 5.28. The predicted molar refractivity (Wildman–Crippen MR) is 94.1 cm³/mol. The summed E-state index contributed by atoms with van der Waals surface area (Å²) < 4.78 is 24.2. The normalized spacial score (nSPS) is 11.8. The van der Waals surface area contributed by atoms with Gasteiger partial charge in [0.25, 0.3) is 0 Å². The van der Waals surface area contributed by atoms with Crippen LogP contribution in [-0.2, 0) is 10.0 Å². The molecule has 9 nitrogen and oxygen atoms in total. The molecule has 4 aromatic heterocycles. The molecule has 0 spiro atoms. The van der Waals surface area contributed by atoms with Crippen molar-refractivity contribution in [2.75, 3.05) is 0 Å². The molecule has 0 bridgehead atoms. The fourth-order valence-corrected chi connectivity index (χ4v) is 3.03. The highest BCUT2D eigenvalue weighted by atomic mass is 35.5. The number of rotatable bonds is 3. The van der Waals surface area contributed by atoms with Crippen LogP contribution < -0.4 is 5.14 Å². The minimum atomic E-state index is -3.78. The molecule has 0 atom stereocenters. The number of hydrogen-bond donors (Lipinski definition) is 1. The minimum absolute atomic E-state index is 0.0610. The first-order valence-corrected chi connectivity index (χ1v) is 9.15. The lowest BCUT2D eigenvalue weighted by molar-refractivity contribution is 0.597. The molecular formula is C15H10ClN7O2S. The van der Waals surface area contributed by atoms with Gasteiger partial charge in [-0.25, -0.2) is 33.5 Å². The summed E-state index contributed by atoms with van der Waals surface area (Å²) in [7, 11) is -3.78. The topological polar surface area (TPSA) is 130 Å². The summed E-state index contributed by atoms with van der Waals surface area (Å²) >= 11 is 6.04. The van der Waals surface area contributed by atoms with Crippen molar-refractivity contribution in [1.29, 1.82) is 0 Å². The summed E-state index contributed by atoms with van der Waals surface area (Å²) in [5.74, 6) is 0.402. The Bertz CT molecular complexity index is 1210. The van der Waals surface area contributed by atoms with Crippen LogP contribution in [0.1, 0.15) is 0 Å². The molecule has 26 heavy (non-hydrogen) atoms.